The maximum atomic E-state index is 6.20. The summed E-state index contributed by atoms with van der Waals surface area (Å²) in [6.45, 7) is 1.12. The average molecular weight is 358 g/mol. The predicted octanol–water partition coefficient (Wildman–Crippen LogP) is 1.69. The molecule has 3 N–H and O–H groups in total. The third-order valence-electron chi connectivity index (χ3n) is 3.99. The van der Waals surface area contributed by atoms with Crippen LogP contribution in [0.5, 0.6) is 11.5 Å². The van der Waals surface area contributed by atoms with Crippen LogP contribution in [0, 0.1) is 0 Å². The number of ether oxygens (including phenoxy) is 3. The number of nitrogens with two attached hydrogens (primary N) is 1. The lowest BCUT2D eigenvalue weighted by molar-refractivity contribution is 0.210. The molecule has 0 aliphatic heterocycles. The van der Waals surface area contributed by atoms with Crippen LogP contribution >= 0.6 is 0 Å². The van der Waals surface area contributed by atoms with Gasteiger partial charge in [-0.15, -0.1) is 0 Å². The van der Waals surface area contributed by atoms with Crippen molar-refractivity contribution in [2.45, 2.75) is 0 Å². The molecular formula is C17H22N6O3. The summed E-state index contributed by atoms with van der Waals surface area (Å²) in [5.41, 5.74) is 8.21. The summed E-state index contributed by atoms with van der Waals surface area (Å²) in [6, 6.07) is 5.58. The zero-order chi connectivity index (χ0) is 18.7. The Morgan fingerprint density at radius 2 is 1.88 bits per heavy atom. The van der Waals surface area contributed by atoms with Crippen molar-refractivity contribution in [2.24, 2.45) is 7.05 Å². The van der Waals surface area contributed by atoms with Gasteiger partial charge in [0, 0.05) is 26.3 Å². The number of anilines is 2. The number of aryl methyl sites for hydroxylation is 1. The first-order valence-electron chi connectivity index (χ1n) is 8.04. The first kappa shape index (κ1) is 17.7. The number of aromatic nitrogens is 4. The van der Waals surface area contributed by atoms with E-state index in [1.165, 1.54) is 0 Å². The number of nitrogens with zero attached hydrogens (tertiary/aromatic N) is 4. The minimum absolute atomic E-state index is 0.456. The Morgan fingerprint density at radius 3 is 2.58 bits per heavy atom. The van der Waals surface area contributed by atoms with Gasteiger partial charge in [-0.25, -0.2) is 4.98 Å². The standard InChI is InChI=1S/C17H22N6O3/c1-23-15(18)13-14(10-5-6-11(25-3)12(9-10)26-4)20-17(19-7-8-24-2)21-16(13)22-23/h5-6,9H,7-8,18H2,1-4H3,(H,19,21,22). The van der Waals surface area contributed by atoms with E-state index in [9.17, 15) is 0 Å². The van der Waals surface area contributed by atoms with Crippen LogP contribution in [0.2, 0.25) is 0 Å². The van der Waals surface area contributed by atoms with Gasteiger partial charge in [-0.2, -0.15) is 10.1 Å². The lowest BCUT2D eigenvalue weighted by Crippen LogP contribution is -2.10. The van der Waals surface area contributed by atoms with Crippen LogP contribution in [0.25, 0.3) is 22.3 Å². The van der Waals surface area contributed by atoms with Crippen LogP contribution in [0.15, 0.2) is 18.2 Å². The van der Waals surface area contributed by atoms with Crippen molar-refractivity contribution >= 4 is 22.8 Å². The topological polar surface area (TPSA) is 109 Å². The van der Waals surface area contributed by atoms with Crippen molar-refractivity contribution in [3.8, 4) is 22.8 Å². The van der Waals surface area contributed by atoms with Gasteiger partial charge in [0.05, 0.1) is 31.9 Å². The van der Waals surface area contributed by atoms with Crippen molar-refractivity contribution in [3.05, 3.63) is 18.2 Å². The minimum atomic E-state index is 0.456. The summed E-state index contributed by atoms with van der Waals surface area (Å²) in [7, 11) is 6.60. The van der Waals surface area contributed by atoms with Crippen molar-refractivity contribution < 1.29 is 14.2 Å². The van der Waals surface area contributed by atoms with Gasteiger partial charge in [0.15, 0.2) is 17.1 Å². The highest BCUT2D eigenvalue weighted by Crippen LogP contribution is 2.36. The molecular weight excluding hydrogens is 336 g/mol. The minimum Gasteiger partial charge on any atom is -0.493 e. The van der Waals surface area contributed by atoms with E-state index in [0.29, 0.717) is 53.1 Å². The number of nitrogen functional groups attached to an aromatic ring is 1. The van der Waals surface area contributed by atoms with E-state index in [-0.39, 0.29) is 0 Å². The zero-order valence-electron chi connectivity index (χ0n) is 15.2. The molecule has 3 aromatic rings. The van der Waals surface area contributed by atoms with Crippen molar-refractivity contribution in [2.75, 3.05) is 45.5 Å². The Labute approximate surface area is 151 Å². The molecule has 0 bridgehead atoms. The van der Waals surface area contributed by atoms with Gasteiger partial charge in [0.2, 0.25) is 5.95 Å². The number of fused-ring (bicyclic) bond motifs is 1. The maximum Gasteiger partial charge on any atom is 0.225 e. The summed E-state index contributed by atoms with van der Waals surface area (Å²) in [5.74, 6) is 2.19. The molecule has 0 fully saturated rings. The van der Waals surface area contributed by atoms with Crippen LogP contribution in [0.3, 0.4) is 0 Å². The molecule has 3 rings (SSSR count). The molecule has 0 aliphatic rings. The predicted molar refractivity (Wildman–Crippen MR) is 99.6 cm³/mol. The first-order chi connectivity index (χ1) is 12.6. The Balaban J connectivity index is 2.16. The average Bonchev–Trinajstić information content (AvgIpc) is 2.94. The third kappa shape index (κ3) is 3.21. The second-order valence-electron chi connectivity index (χ2n) is 5.59. The van der Waals surface area contributed by atoms with E-state index in [2.05, 4.69) is 20.4 Å². The Bertz CT molecular complexity index is 924. The van der Waals surface area contributed by atoms with E-state index in [0.717, 1.165) is 5.56 Å². The smallest absolute Gasteiger partial charge is 0.225 e. The number of hydrogen-bond donors (Lipinski definition) is 2. The summed E-state index contributed by atoms with van der Waals surface area (Å²) in [4.78, 5) is 9.09. The molecule has 0 atom stereocenters. The summed E-state index contributed by atoms with van der Waals surface area (Å²) < 4.78 is 17.4. The highest BCUT2D eigenvalue weighted by Gasteiger charge is 2.18. The summed E-state index contributed by atoms with van der Waals surface area (Å²) in [6.07, 6.45) is 0. The van der Waals surface area contributed by atoms with E-state index in [1.54, 1.807) is 33.1 Å². The Hall–Kier alpha value is -3.07. The molecule has 138 valence electrons. The Kier molecular flexibility index (Phi) is 5.08. The van der Waals surface area contributed by atoms with E-state index >= 15 is 0 Å². The highest BCUT2D eigenvalue weighted by molar-refractivity contribution is 5.99. The lowest BCUT2D eigenvalue weighted by atomic mass is 10.1. The highest BCUT2D eigenvalue weighted by atomic mass is 16.5. The molecule has 0 spiro atoms. The maximum absolute atomic E-state index is 6.20. The molecule has 2 heterocycles. The molecule has 0 aliphatic carbocycles. The van der Waals surface area contributed by atoms with Crippen LogP contribution in [-0.4, -0.2) is 54.2 Å². The van der Waals surface area contributed by atoms with Crippen LogP contribution in [0.1, 0.15) is 0 Å². The van der Waals surface area contributed by atoms with E-state index in [4.69, 9.17) is 19.9 Å². The van der Waals surface area contributed by atoms with Gasteiger partial charge >= 0.3 is 0 Å². The third-order valence-corrected chi connectivity index (χ3v) is 3.99. The number of benzene rings is 1. The number of hydrogen-bond acceptors (Lipinski definition) is 8. The fourth-order valence-corrected chi connectivity index (χ4v) is 2.65. The van der Waals surface area contributed by atoms with E-state index < -0.39 is 0 Å². The second-order valence-corrected chi connectivity index (χ2v) is 5.59. The fraction of sp³-hybridized carbons (Fsp3) is 0.353. The van der Waals surface area contributed by atoms with Crippen LogP contribution in [0.4, 0.5) is 11.8 Å². The molecule has 26 heavy (non-hydrogen) atoms. The van der Waals surface area contributed by atoms with Crippen molar-refractivity contribution in [1.82, 2.24) is 19.7 Å². The van der Waals surface area contributed by atoms with Crippen molar-refractivity contribution in [1.29, 1.82) is 0 Å². The first-order valence-corrected chi connectivity index (χ1v) is 8.04. The van der Waals surface area contributed by atoms with Crippen molar-refractivity contribution in [3.63, 3.8) is 0 Å². The van der Waals surface area contributed by atoms with Crippen LogP contribution < -0.4 is 20.5 Å². The largest absolute Gasteiger partial charge is 0.493 e. The molecule has 1 aromatic carbocycles. The molecule has 0 saturated heterocycles. The SMILES string of the molecule is COCCNc1nc(-c2ccc(OC)c(OC)c2)c2c(N)n(C)nc2n1. The molecule has 9 heteroatoms. The molecule has 0 radical (unpaired) electrons. The summed E-state index contributed by atoms with van der Waals surface area (Å²) >= 11 is 0. The van der Waals surface area contributed by atoms with Gasteiger partial charge in [-0.1, -0.05) is 0 Å². The molecule has 0 saturated carbocycles. The quantitative estimate of drug-likeness (QED) is 0.614. The van der Waals surface area contributed by atoms with Gasteiger partial charge in [0.25, 0.3) is 0 Å². The van der Waals surface area contributed by atoms with Gasteiger partial charge in [0.1, 0.15) is 5.82 Å². The number of nitrogens with one attached hydrogen (secondary N) is 1. The fourth-order valence-electron chi connectivity index (χ4n) is 2.65. The molecule has 2 aromatic heterocycles. The molecule has 0 amide bonds. The molecule has 0 unspecified atom stereocenters. The van der Waals surface area contributed by atoms with Gasteiger partial charge < -0.3 is 25.3 Å². The lowest BCUT2D eigenvalue weighted by Gasteiger charge is -2.11. The van der Waals surface area contributed by atoms with Gasteiger partial charge in [-0.05, 0) is 18.2 Å². The second kappa shape index (κ2) is 7.44. The van der Waals surface area contributed by atoms with Gasteiger partial charge in [-0.3, -0.25) is 4.68 Å². The number of methoxy groups -OCH3 is 3. The summed E-state index contributed by atoms with van der Waals surface area (Å²) in [5, 5.41) is 8.20. The normalized spacial score (nSPS) is 10.9. The van der Waals surface area contributed by atoms with Crippen LogP contribution in [-0.2, 0) is 11.8 Å². The molecule has 9 nitrogen and oxygen atoms in total. The number of rotatable bonds is 7. The Morgan fingerprint density at radius 1 is 1.12 bits per heavy atom. The zero-order valence-corrected chi connectivity index (χ0v) is 15.2. The van der Waals surface area contributed by atoms with E-state index in [1.807, 2.05) is 18.2 Å². The monoisotopic (exact) mass is 358 g/mol.